The summed E-state index contributed by atoms with van der Waals surface area (Å²) < 4.78 is 13.1. The third kappa shape index (κ3) is 4.56. The van der Waals surface area contributed by atoms with Gasteiger partial charge in [0.2, 0.25) is 5.91 Å². The van der Waals surface area contributed by atoms with Gasteiger partial charge in [0.25, 0.3) is 0 Å². The second kappa shape index (κ2) is 6.76. The molecule has 0 aromatic rings. The molecule has 1 fully saturated rings. The molecule has 1 saturated heterocycles. The maximum absolute atomic E-state index is 13.1. The van der Waals surface area contributed by atoms with Crippen molar-refractivity contribution >= 4 is 5.91 Å². The molecule has 0 spiro atoms. The second-order valence-electron chi connectivity index (χ2n) is 3.48. The van der Waals surface area contributed by atoms with Gasteiger partial charge in [0.05, 0.1) is 6.54 Å². The lowest BCUT2D eigenvalue weighted by atomic mass is 9.97. The Hall–Kier alpha value is -0.640. The van der Waals surface area contributed by atoms with Crippen molar-refractivity contribution in [3.8, 4) is 0 Å². The molecular formula is C10H23FN2O. The van der Waals surface area contributed by atoms with Crippen LogP contribution in [0.15, 0.2) is 0 Å². The van der Waals surface area contributed by atoms with E-state index in [2.05, 4.69) is 0 Å². The van der Waals surface area contributed by atoms with Crippen LogP contribution in [0.1, 0.15) is 28.6 Å². The van der Waals surface area contributed by atoms with Crippen molar-refractivity contribution in [3.05, 3.63) is 0 Å². The molecule has 2 unspecified atom stereocenters. The number of piperidine rings is 1. The molecule has 0 aromatic carbocycles. The maximum Gasteiger partial charge on any atom is 0.231 e. The number of nitrogens with zero attached hydrogens (tertiary/aromatic N) is 1. The fourth-order valence-electron chi connectivity index (χ4n) is 1.45. The minimum absolute atomic E-state index is 0. The summed E-state index contributed by atoms with van der Waals surface area (Å²) in [6.45, 7) is 7.22. The van der Waals surface area contributed by atoms with Crippen LogP contribution in [-0.2, 0) is 4.79 Å². The monoisotopic (exact) mass is 206 g/mol. The van der Waals surface area contributed by atoms with Crippen LogP contribution in [0.4, 0.5) is 4.39 Å². The van der Waals surface area contributed by atoms with Gasteiger partial charge in [-0.1, -0.05) is 20.8 Å². The summed E-state index contributed by atoms with van der Waals surface area (Å²) in [6, 6.07) is 0. The first kappa shape index (κ1) is 13.4. The highest BCUT2D eigenvalue weighted by atomic mass is 19.1. The standard InChI is InChI=1S/C8H15FN2O.C2H6.H2/c1-6-2-3-11(4-7(6)9)5-8(10)12;1-2;/h6-7H,2-5H2,1H3,(H2,10,12);1-2H3;1H. The van der Waals surface area contributed by atoms with Crippen LogP contribution in [0, 0.1) is 5.92 Å². The zero-order valence-electron chi connectivity index (χ0n) is 9.29. The normalized spacial score (nSPS) is 27.7. The summed E-state index contributed by atoms with van der Waals surface area (Å²) in [5.74, 6) is -0.258. The van der Waals surface area contributed by atoms with E-state index in [1.807, 2.05) is 20.8 Å². The SMILES string of the molecule is CC.CC1CCN(CC(N)=O)CC1F.[HH]. The number of primary amides is 1. The molecule has 86 valence electrons. The van der Waals surface area contributed by atoms with Crippen molar-refractivity contribution in [1.29, 1.82) is 0 Å². The van der Waals surface area contributed by atoms with Crippen molar-refractivity contribution in [2.45, 2.75) is 33.4 Å². The Morgan fingerprint density at radius 2 is 2.21 bits per heavy atom. The predicted octanol–water partition coefficient (Wildman–Crippen LogP) is 1.42. The minimum Gasteiger partial charge on any atom is -0.369 e. The van der Waals surface area contributed by atoms with Gasteiger partial charge < -0.3 is 5.73 Å². The van der Waals surface area contributed by atoms with Crippen LogP contribution in [0.25, 0.3) is 0 Å². The molecule has 14 heavy (non-hydrogen) atoms. The summed E-state index contributed by atoms with van der Waals surface area (Å²) in [5, 5.41) is 0. The third-order valence-electron chi connectivity index (χ3n) is 2.33. The van der Waals surface area contributed by atoms with Gasteiger partial charge in [-0.2, -0.15) is 0 Å². The van der Waals surface area contributed by atoms with Crippen LogP contribution < -0.4 is 5.73 Å². The lowest BCUT2D eigenvalue weighted by Gasteiger charge is -2.31. The predicted molar refractivity (Wildman–Crippen MR) is 57.8 cm³/mol. The molecule has 1 aliphatic rings. The van der Waals surface area contributed by atoms with E-state index in [0.29, 0.717) is 6.54 Å². The molecule has 0 aromatic heterocycles. The van der Waals surface area contributed by atoms with Crippen molar-refractivity contribution in [2.75, 3.05) is 19.6 Å². The number of halogens is 1. The van der Waals surface area contributed by atoms with Gasteiger partial charge in [-0.05, 0) is 18.9 Å². The van der Waals surface area contributed by atoms with Crippen LogP contribution in [0.3, 0.4) is 0 Å². The Balaban J connectivity index is 0. The lowest BCUT2D eigenvalue weighted by molar-refractivity contribution is -0.119. The molecule has 3 nitrogen and oxygen atoms in total. The number of carbonyl (C=O) groups excluding carboxylic acids is 1. The summed E-state index contributed by atoms with van der Waals surface area (Å²) in [4.78, 5) is 12.3. The molecule has 0 radical (unpaired) electrons. The summed E-state index contributed by atoms with van der Waals surface area (Å²) >= 11 is 0. The van der Waals surface area contributed by atoms with E-state index in [-0.39, 0.29) is 19.8 Å². The minimum atomic E-state index is -0.807. The quantitative estimate of drug-likeness (QED) is 0.742. The topological polar surface area (TPSA) is 46.3 Å². The first-order valence-electron chi connectivity index (χ1n) is 5.24. The molecule has 1 aliphatic heterocycles. The van der Waals surface area contributed by atoms with Crippen LogP contribution in [-0.4, -0.2) is 36.6 Å². The number of hydrogen-bond acceptors (Lipinski definition) is 2. The van der Waals surface area contributed by atoms with E-state index < -0.39 is 6.17 Å². The average Bonchev–Trinajstić information content (AvgIpc) is 2.14. The van der Waals surface area contributed by atoms with Crippen LogP contribution in [0.5, 0.6) is 0 Å². The molecule has 1 amide bonds. The average molecular weight is 206 g/mol. The van der Waals surface area contributed by atoms with Gasteiger partial charge in [-0.15, -0.1) is 0 Å². The largest absolute Gasteiger partial charge is 0.369 e. The molecule has 1 heterocycles. The fraction of sp³-hybridized carbons (Fsp3) is 0.900. The number of nitrogens with two attached hydrogens (primary N) is 1. The maximum atomic E-state index is 13.1. The summed E-state index contributed by atoms with van der Waals surface area (Å²) in [6.07, 6.45) is 0.00662. The smallest absolute Gasteiger partial charge is 0.231 e. The summed E-state index contributed by atoms with van der Waals surface area (Å²) in [5.41, 5.74) is 5.00. The summed E-state index contributed by atoms with van der Waals surface area (Å²) in [7, 11) is 0. The van der Waals surface area contributed by atoms with Crippen molar-refractivity contribution < 1.29 is 10.6 Å². The molecule has 0 saturated carbocycles. The number of likely N-dealkylation sites (tertiary alicyclic amines) is 1. The Morgan fingerprint density at radius 3 is 2.64 bits per heavy atom. The molecule has 1 rings (SSSR count). The molecular weight excluding hydrogens is 183 g/mol. The van der Waals surface area contributed by atoms with Gasteiger partial charge in [-0.3, -0.25) is 9.69 Å². The van der Waals surface area contributed by atoms with E-state index in [9.17, 15) is 9.18 Å². The van der Waals surface area contributed by atoms with Crippen molar-refractivity contribution in [1.82, 2.24) is 4.90 Å². The van der Waals surface area contributed by atoms with Gasteiger partial charge in [-0.25, -0.2) is 4.39 Å². The Labute approximate surface area is 86.9 Å². The first-order chi connectivity index (χ1) is 6.59. The van der Waals surface area contributed by atoms with Crippen LogP contribution >= 0.6 is 0 Å². The molecule has 0 bridgehead atoms. The zero-order chi connectivity index (χ0) is 11.1. The van der Waals surface area contributed by atoms with Gasteiger partial charge in [0.1, 0.15) is 6.17 Å². The molecule has 0 aliphatic carbocycles. The highest BCUT2D eigenvalue weighted by molar-refractivity contribution is 5.75. The highest BCUT2D eigenvalue weighted by Gasteiger charge is 2.26. The second-order valence-corrected chi connectivity index (χ2v) is 3.48. The third-order valence-corrected chi connectivity index (χ3v) is 2.33. The van der Waals surface area contributed by atoms with E-state index in [4.69, 9.17) is 5.73 Å². The van der Waals surface area contributed by atoms with Crippen molar-refractivity contribution in [2.24, 2.45) is 11.7 Å². The number of hydrogen-bond donors (Lipinski definition) is 1. The Morgan fingerprint density at radius 1 is 1.64 bits per heavy atom. The molecule has 4 heteroatoms. The number of alkyl halides is 1. The molecule has 2 N–H and O–H groups in total. The Kier molecular flexibility index (Phi) is 6.45. The fourth-order valence-corrected chi connectivity index (χ4v) is 1.45. The van der Waals surface area contributed by atoms with Crippen molar-refractivity contribution in [3.63, 3.8) is 0 Å². The van der Waals surface area contributed by atoms with Crippen LogP contribution in [0.2, 0.25) is 0 Å². The van der Waals surface area contributed by atoms with E-state index in [1.54, 1.807) is 4.90 Å². The Bertz CT molecular complexity index is 181. The lowest BCUT2D eigenvalue weighted by Crippen LogP contribution is -2.44. The zero-order valence-corrected chi connectivity index (χ0v) is 9.29. The van der Waals surface area contributed by atoms with E-state index in [0.717, 1.165) is 13.0 Å². The van der Waals surface area contributed by atoms with Gasteiger partial charge in [0, 0.05) is 7.97 Å². The number of rotatable bonds is 2. The number of carbonyl (C=O) groups is 1. The van der Waals surface area contributed by atoms with Gasteiger partial charge in [0.15, 0.2) is 0 Å². The number of amides is 1. The van der Waals surface area contributed by atoms with E-state index in [1.165, 1.54) is 0 Å². The highest BCUT2D eigenvalue weighted by Crippen LogP contribution is 2.19. The molecule has 2 atom stereocenters. The van der Waals surface area contributed by atoms with E-state index >= 15 is 0 Å². The van der Waals surface area contributed by atoms with Gasteiger partial charge >= 0.3 is 0 Å². The first-order valence-corrected chi connectivity index (χ1v) is 5.24.